The van der Waals surface area contributed by atoms with Crippen LogP contribution in [0.15, 0.2) is 24.3 Å². The standard InChI is InChI=1S/C19H26N4O9/c1-9(24)16(23-17(29)12(7-15(27)28)21-14(26)8-20)18(30)22-13(19(31)32)6-10-2-4-11(25)5-3-10/h2-5,9,12-13,16,24-25H,6-8,20H2,1H3,(H,21,26)(H,22,30)(H,23,29)(H,27,28)(H,31,32). The molecule has 0 saturated heterocycles. The molecule has 13 nitrogen and oxygen atoms in total. The van der Waals surface area contributed by atoms with Crippen LogP contribution >= 0.6 is 0 Å². The second-order valence-corrected chi connectivity index (χ2v) is 6.92. The molecule has 9 N–H and O–H groups in total. The number of aliphatic hydroxyl groups excluding tert-OH is 1. The van der Waals surface area contributed by atoms with Gasteiger partial charge in [-0.15, -0.1) is 0 Å². The zero-order valence-electron chi connectivity index (χ0n) is 17.1. The van der Waals surface area contributed by atoms with Crippen LogP contribution in [0, 0.1) is 0 Å². The summed E-state index contributed by atoms with van der Waals surface area (Å²) < 4.78 is 0. The van der Waals surface area contributed by atoms with Crippen LogP contribution in [0.1, 0.15) is 18.9 Å². The summed E-state index contributed by atoms with van der Waals surface area (Å²) in [5, 5.41) is 44.0. The SMILES string of the molecule is CC(O)C(NC(=O)C(CC(=O)O)NC(=O)CN)C(=O)NC(Cc1ccc(O)cc1)C(=O)O. The Labute approximate surface area is 182 Å². The number of nitrogens with two attached hydrogens (primary N) is 1. The first kappa shape index (κ1) is 26.3. The molecule has 1 rings (SSSR count). The van der Waals surface area contributed by atoms with E-state index in [9.17, 15) is 39.3 Å². The molecular formula is C19H26N4O9. The minimum Gasteiger partial charge on any atom is -0.508 e. The van der Waals surface area contributed by atoms with E-state index in [4.69, 9.17) is 10.8 Å². The predicted octanol–water partition coefficient (Wildman–Crippen LogP) is -2.71. The van der Waals surface area contributed by atoms with Crippen LogP contribution in [-0.4, -0.2) is 80.9 Å². The lowest BCUT2D eigenvalue weighted by Gasteiger charge is -2.25. The van der Waals surface area contributed by atoms with Gasteiger partial charge in [-0.25, -0.2) is 4.79 Å². The summed E-state index contributed by atoms with van der Waals surface area (Å²) in [6.07, 6.45) is -2.46. The van der Waals surface area contributed by atoms with Gasteiger partial charge < -0.3 is 42.1 Å². The highest BCUT2D eigenvalue weighted by molar-refractivity contribution is 5.95. The molecule has 13 heteroatoms. The first-order chi connectivity index (χ1) is 14.9. The Bertz CT molecular complexity index is 842. The van der Waals surface area contributed by atoms with Crippen molar-refractivity contribution in [3.05, 3.63) is 29.8 Å². The van der Waals surface area contributed by atoms with E-state index in [0.29, 0.717) is 5.56 Å². The molecule has 1 aromatic rings. The molecule has 32 heavy (non-hydrogen) atoms. The highest BCUT2D eigenvalue weighted by atomic mass is 16.4. The van der Waals surface area contributed by atoms with E-state index in [1.54, 1.807) is 0 Å². The zero-order chi connectivity index (χ0) is 24.4. The number of nitrogens with one attached hydrogen (secondary N) is 3. The maximum absolute atomic E-state index is 12.6. The molecule has 0 spiro atoms. The molecule has 0 heterocycles. The largest absolute Gasteiger partial charge is 0.508 e. The molecule has 0 aliphatic carbocycles. The summed E-state index contributed by atoms with van der Waals surface area (Å²) in [6, 6.07) is 0.946. The topological polar surface area (TPSA) is 228 Å². The lowest BCUT2D eigenvalue weighted by Crippen LogP contribution is -2.59. The van der Waals surface area contributed by atoms with Crippen molar-refractivity contribution in [1.29, 1.82) is 0 Å². The summed E-state index contributed by atoms with van der Waals surface area (Å²) in [7, 11) is 0. The number of rotatable bonds is 12. The monoisotopic (exact) mass is 454 g/mol. The number of phenolic OH excluding ortho intramolecular Hbond substituents is 1. The lowest BCUT2D eigenvalue weighted by molar-refractivity contribution is -0.144. The summed E-state index contributed by atoms with van der Waals surface area (Å²) >= 11 is 0. The lowest BCUT2D eigenvalue weighted by atomic mass is 10.0. The number of hydrogen-bond acceptors (Lipinski definition) is 8. The number of benzene rings is 1. The minimum atomic E-state index is -1.64. The molecule has 0 radical (unpaired) electrons. The second kappa shape index (κ2) is 12.2. The average Bonchev–Trinajstić information content (AvgIpc) is 2.71. The molecule has 0 aromatic heterocycles. The van der Waals surface area contributed by atoms with E-state index in [0.717, 1.165) is 6.92 Å². The zero-order valence-corrected chi connectivity index (χ0v) is 17.1. The van der Waals surface area contributed by atoms with Crippen molar-refractivity contribution in [3.63, 3.8) is 0 Å². The predicted molar refractivity (Wildman–Crippen MR) is 108 cm³/mol. The van der Waals surface area contributed by atoms with E-state index < -0.39 is 66.9 Å². The van der Waals surface area contributed by atoms with Gasteiger partial charge in [-0.2, -0.15) is 0 Å². The first-order valence-electron chi connectivity index (χ1n) is 9.45. The highest BCUT2D eigenvalue weighted by Gasteiger charge is 2.33. The van der Waals surface area contributed by atoms with Crippen molar-refractivity contribution in [2.75, 3.05) is 6.54 Å². The Morgan fingerprint density at radius 2 is 1.53 bits per heavy atom. The summed E-state index contributed by atoms with van der Waals surface area (Å²) in [5.74, 6) is -5.77. The Hall–Kier alpha value is -3.71. The van der Waals surface area contributed by atoms with Crippen LogP contribution < -0.4 is 21.7 Å². The van der Waals surface area contributed by atoms with Crippen molar-refractivity contribution < 1.29 is 44.4 Å². The number of aliphatic carboxylic acids is 2. The van der Waals surface area contributed by atoms with E-state index in [1.165, 1.54) is 24.3 Å². The number of aliphatic hydroxyl groups is 1. The molecule has 0 aliphatic rings. The fraction of sp³-hybridized carbons (Fsp3) is 0.421. The van der Waals surface area contributed by atoms with Crippen molar-refractivity contribution in [2.45, 2.75) is 44.0 Å². The van der Waals surface area contributed by atoms with Crippen LogP contribution in [-0.2, 0) is 30.4 Å². The van der Waals surface area contributed by atoms with Crippen LogP contribution in [0.5, 0.6) is 5.75 Å². The smallest absolute Gasteiger partial charge is 0.326 e. The molecule has 0 aliphatic heterocycles. The van der Waals surface area contributed by atoms with Gasteiger partial charge in [0, 0.05) is 6.42 Å². The highest BCUT2D eigenvalue weighted by Crippen LogP contribution is 2.12. The van der Waals surface area contributed by atoms with Crippen molar-refractivity contribution in [1.82, 2.24) is 16.0 Å². The minimum absolute atomic E-state index is 0.0285. The molecule has 0 bridgehead atoms. The fourth-order valence-corrected chi connectivity index (χ4v) is 2.63. The van der Waals surface area contributed by atoms with Crippen LogP contribution in [0.4, 0.5) is 0 Å². The van der Waals surface area contributed by atoms with Crippen LogP contribution in [0.3, 0.4) is 0 Å². The van der Waals surface area contributed by atoms with Crippen molar-refractivity contribution >= 4 is 29.7 Å². The van der Waals surface area contributed by atoms with E-state index in [2.05, 4.69) is 16.0 Å². The van der Waals surface area contributed by atoms with E-state index in [-0.39, 0.29) is 12.2 Å². The van der Waals surface area contributed by atoms with Gasteiger partial charge in [-0.05, 0) is 24.6 Å². The Morgan fingerprint density at radius 1 is 0.938 bits per heavy atom. The van der Waals surface area contributed by atoms with Crippen LogP contribution in [0.25, 0.3) is 0 Å². The third-order valence-corrected chi connectivity index (χ3v) is 4.27. The Balaban J connectivity index is 2.94. The number of hydrogen-bond donors (Lipinski definition) is 8. The summed E-state index contributed by atoms with van der Waals surface area (Å²) in [5.41, 5.74) is 5.62. The Kier molecular flexibility index (Phi) is 10.1. The number of phenols is 1. The van der Waals surface area contributed by atoms with Crippen molar-refractivity contribution in [3.8, 4) is 5.75 Å². The summed E-state index contributed by atoms with van der Waals surface area (Å²) in [4.78, 5) is 59.0. The van der Waals surface area contributed by atoms with Gasteiger partial charge >= 0.3 is 11.9 Å². The molecule has 0 fully saturated rings. The number of aromatic hydroxyl groups is 1. The van der Waals surface area contributed by atoms with E-state index >= 15 is 0 Å². The third-order valence-electron chi connectivity index (χ3n) is 4.27. The normalized spacial score (nSPS) is 14.3. The third kappa shape index (κ3) is 8.57. The number of carboxylic acid groups (broad SMARTS) is 2. The molecule has 176 valence electrons. The van der Waals surface area contributed by atoms with Gasteiger partial charge in [-0.3, -0.25) is 19.2 Å². The van der Waals surface area contributed by atoms with Crippen molar-refractivity contribution in [2.24, 2.45) is 5.73 Å². The number of carbonyl (C=O) groups excluding carboxylic acids is 3. The van der Waals surface area contributed by atoms with Crippen LogP contribution in [0.2, 0.25) is 0 Å². The molecule has 3 amide bonds. The molecule has 4 unspecified atom stereocenters. The van der Waals surface area contributed by atoms with Gasteiger partial charge in [-0.1, -0.05) is 12.1 Å². The maximum atomic E-state index is 12.6. The van der Waals surface area contributed by atoms with Gasteiger partial charge in [0.05, 0.1) is 19.1 Å². The second-order valence-electron chi connectivity index (χ2n) is 6.92. The maximum Gasteiger partial charge on any atom is 0.326 e. The van der Waals surface area contributed by atoms with Gasteiger partial charge in [0.25, 0.3) is 0 Å². The molecule has 0 saturated carbocycles. The molecular weight excluding hydrogens is 428 g/mol. The van der Waals surface area contributed by atoms with E-state index in [1.807, 2.05) is 0 Å². The number of amides is 3. The quantitative estimate of drug-likeness (QED) is 0.163. The van der Waals surface area contributed by atoms with Gasteiger partial charge in [0.1, 0.15) is 23.9 Å². The first-order valence-corrected chi connectivity index (χ1v) is 9.45. The summed E-state index contributed by atoms with van der Waals surface area (Å²) in [6.45, 7) is 0.645. The Morgan fingerprint density at radius 3 is 2.00 bits per heavy atom. The number of carboxylic acids is 2. The molecule has 1 aromatic carbocycles. The van der Waals surface area contributed by atoms with Gasteiger partial charge in [0.15, 0.2) is 0 Å². The van der Waals surface area contributed by atoms with Gasteiger partial charge in [0.2, 0.25) is 17.7 Å². The fourth-order valence-electron chi connectivity index (χ4n) is 2.63. The molecule has 4 atom stereocenters. The average molecular weight is 454 g/mol. The number of carbonyl (C=O) groups is 5.